The third-order valence-corrected chi connectivity index (χ3v) is 3.43. The first kappa shape index (κ1) is 11.0. The Hall–Kier alpha value is -0.540. The minimum atomic E-state index is 0.721. The molecular formula is C12H16BrNO. The van der Waals surface area contributed by atoms with E-state index in [4.69, 9.17) is 4.74 Å². The summed E-state index contributed by atoms with van der Waals surface area (Å²) >= 11 is 3.44. The zero-order valence-corrected chi connectivity index (χ0v) is 10.5. The molecule has 1 aromatic rings. The van der Waals surface area contributed by atoms with Gasteiger partial charge >= 0.3 is 0 Å². The van der Waals surface area contributed by atoms with Crippen molar-refractivity contribution in [3.63, 3.8) is 0 Å². The van der Waals surface area contributed by atoms with Crippen molar-refractivity contribution in [3.8, 4) is 5.75 Å². The molecule has 1 aliphatic carbocycles. The van der Waals surface area contributed by atoms with E-state index in [2.05, 4.69) is 33.4 Å². The van der Waals surface area contributed by atoms with Crippen LogP contribution in [0, 0.1) is 0 Å². The molecule has 0 amide bonds. The number of methoxy groups -OCH3 is 1. The van der Waals surface area contributed by atoms with Crippen LogP contribution in [0.1, 0.15) is 24.8 Å². The minimum Gasteiger partial charge on any atom is -0.496 e. The summed E-state index contributed by atoms with van der Waals surface area (Å²) in [5.41, 5.74) is 1.23. The van der Waals surface area contributed by atoms with Crippen molar-refractivity contribution in [1.29, 1.82) is 0 Å². The van der Waals surface area contributed by atoms with Crippen molar-refractivity contribution in [2.24, 2.45) is 0 Å². The third-order valence-electron chi connectivity index (χ3n) is 2.94. The molecule has 0 bridgehead atoms. The van der Waals surface area contributed by atoms with Gasteiger partial charge in [-0.15, -0.1) is 0 Å². The molecule has 0 aromatic heterocycles. The summed E-state index contributed by atoms with van der Waals surface area (Å²) in [6.45, 7) is 0.904. The predicted molar refractivity (Wildman–Crippen MR) is 65.2 cm³/mol. The summed E-state index contributed by atoms with van der Waals surface area (Å²) in [4.78, 5) is 0. The molecule has 1 fully saturated rings. The van der Waals surface area contributed by atoms with E-state index in [1.165, 1.54) is 24.8 Å². The van der Waals surface area contributed by atoms with Crippen LogP contribution in [-0.4, -0.2) is 13.2 Å². The molecule has 15 heavy (non-hydrogen) atoms. The second kappa shape index (κ2) is 4.99. The average molecular weight is 270 g/mol. The summed E-state index contributed by atoms with van der Waals surface area (Å²) in [7, 11) is 1.72. The Morgan fingerprint density at radius 1 is 1.47 bits per heavy atom. The normalized spacial score (nSPS) is 16.1. The highest BCUT2D eigenvalue weighted by Gasteiger charge is 2.16. The molecule has 0 atom stereocenters. The van der Waals surface area contributed by atoms with E-state index >= 15 is 0 Å². The Balaban J connectivity index is 1.99. The van der Waals surface area contributed by atoms with Gasteiger partial charge in [-0.05, 0) is 25.0 Å². The second-order valence-corrected chi connectivity index (χ2v) is 4.88. The zero-order chi connectivity index (χ0) is 10.7. The van der Waals surface area contributed by atoms with Crippen molar-refractivity contribution in [1.82, 2.24) is 5.32 Å². The number of nitrogens with one attached hydrogen (secondary N) is 1. The fourth-order valence-electron chi connectivity index (χ4n) is 1.73. The van der Waals surface area contributed by atoms with Gasteiger partial charge in [-0.3, -0.25) is 0 Å². The summed E-state index contributed by atoms with van der Waals surface area (Å²) < 4.78 is 6.40. The smallest absolute Gasteiger partial charge is 0.124 e. The lowest BCUT2D eigenvalue weighted by Crippen LogP contribution is -2.34. The van der Waals surface area contributed by atoms with Gasteiger partial charge in [-0.1, -0.05) is 28.4 Å². The molecule has 0 heterocycles. The van der Waals surface area contributed by atoms with Gasteiger partial charge in [-0.2, -0.15) is 0 Å². The Kier molecular flexibility index (Phi) is 3.65. The molecule has 0 spiro atoms. The Morgan fingerprint density at radius 2 is 2.27 bits per heavy atom. The number of hydrogen-bond acceptors (Lipinski definition) is 2. The number of ether oxygens (including phenoxy) is 1. The molecule has 1 aromatic carbocycles. The molecule has 1 N–H and O–H groups in total. The van der Waals surface area contributed by atoms with Crippen LogP contribution >= 0.6 is 15.9 Å². The largest absolute Gasteiger partial charge is 0.496 e. The molecule has 2 rings (SSSR count). The maximum atomic E-state index is 5.34. The quantitative estimate of drug-likeness (QED) is 0.907. The maximum Gasteiger partial charge on any atom is 0.124 e. The fourth-order valence-corrected chi connectivity index (χ4v) is 2.07. The molecule has 2 nitrogen and oxygen atoms in total. The topological polar surface area (TPSA) is 21.3 Å². The Bertz CT molecular complexity index is 336. The van der Waals surface area contributed by atoms with Gasteiger partial charge in [-0.25, -0.2) is 0 Å². The van der Waals surface area contributed by atoms with E-state index < -0.39 is 0 Å². The summed E-state index contributed by atoms with van der Waals surface area (Å²) in [5.74, 6) is 0.955. The molecule has 0 aliphatic heterocycles. The van der Waals surface area contributed by atoms with Crippen molar-refractivity contribution < 1.29 is 4.74 Å². The van der Waals surface area contributed by atoms with Crippen molar-refractivity contribution in [3.05, 3.63) is 28.2 Å². The van der Waals surface area contributed by atoms with Crippen LogP contribution in [0.15, 0.2) is 22.7 Å². The van der Waals surface area contributed by atoms with E-state index in [-0.39, 0.29) is 0 Å². The molecular weight excluding hydrogens is 254 g/mol. The maximum absolute atomic E-state index is 5.34. The standard InChI is InChI=1S/C12H16BrNO/c1-15-12-7-10(13)6-5-9(12)8-14-11-3-2-4-11/h5-7,11,14H,2-4,8H2,1H3. The monoisotopic (exact) mass is 269 g/mol. The van der Waals surface area contributed by atoms with Crippen molar-refractivity contribution in [2.45, 2.75) is 31.8 Å². The molecule has 0 saturated heterocycles. The molecule has 0 radical (unpaired) electrons. The highest BCUT2D eigenvalue weighted by Crippen LogP contribution is 2.24. The van der Waals surface area contributed by atoms with Crippen LogP contribution in [0.25, 0.3) is 0 Å². The molecule has 82 valence electrons. The Morgan fingerprint density at radius 3 is 2.87 bits per heavy atom. The molecule has 1 saturated carbocycles. The lowest BCUT2D eigenvalue weighted by molar-refractivity contribution is 0.334. The van der Waals surface area contributed by atoms with E-state index in [1.54, 1.807) is 7.11 Å². The number of halogens is 1. The third kappa shape index (κ3) is 2.73. The highest BCUT2D eigenvalue weighted by molar-refractivity contribution is 9.10. The van der Waals surface area contributed by atoms with Gasteiger partial charge in [0.25, 0.3) is 0 Å². The lowest BCUT2D eigenvalue weighted by Gasteiger charge is -2.26. The number of benzene rings is 1. The average Bonchev–Trinajstić information content (AvgIpc) is 2.17. The van der Waals surface area contributed by atoms with Crippen LogP contribution in [0.5, 0.6) is 5.75 Å². The predicted octanol–water partition coefficient (Wildman–Crippen LogP) is 3.10. The molecule has 3 heteroatoms. The molecule has 1 aliphatic rings. The fraction of sp³-hybridized carbons (Fsp3) is 0.500. The first-order valence-corrected chi connectivity index (χ1v) is 6.14. The van der Waals surface area contributed by atoms with E-state index in [9.17, 15) is 0 Å². The van der Waals surface area contributed by atoms with Crippen LogP contribution < -0.4 is 10.1 Å². The highest BCUT2D eigenvalue weighted by atomic mass is 79.9. The van der Waals surface area contributed by atoms with E-state index in [0.29, 0.717) is 0 Å². The van der Waals surface area contributed by atoms with Gasteiger partial charge in [0.05, 0.1) is 7.11 Å². The SMILES string of the molecule is COc1cc(Br)ccc1CNC1CCC1. The van der Waals surface area contributed by atoms with Gasteiger partial charge in [0, 0.05) is 22.6 Å². The van der Waals surface area contributed by atoms with E-state index in [1.807, 2.05) is 6.07 Å². The van der Waals surface area contributed by atoms with Crippen LogP contribution in [0.2, 0.25) is 0 Å². The molecule has 0 unspecified atom stereocenters. The first-order chi connectivity index (χ1) is 7.29. The minimum absolute atomic E-state index is 0.721. The summed E-state index contributed by atoms with van der Waals surface area (Å²) in [6.07, 6.45) is 4.01. The lowest BCUT2D eigenvalue weighted by atomic mass is 9.93. The number of rotatable bonds is 4. The summed E-state index contributed by atoms with van der Waals surface area (Å²) in [6, 6.07) is 6.89. The van der Waals surface area contributed by atoms with E-state index in [0.717, 1.165) is 22.8 Å². The first-order valence-electron chi connectivity index (χ1n) is 5.35. The van der Waals surface area contributed by atoms with Crippen LogP contribution in [0.4, 0.5) is 0 Å². The van der Waals surface area contributed by atoms with Gasteiger partial charge in [0.15, 0.2) is 0 Å². The van der Waals surface area contributed by atoms with Crippen molar-refractivity contribution in [2.75, 3.05) is 7.11 Å². The second-order valence-electron chi connectivity index (χ2n) is 3.96. The van der Waals surface area contributed by atoms with Crippen LogP contribution in [-0.2, 0) is 6.54 Å². The Labute approximate surface area is 99.1 Å². The summed E-state index contributed by atoms with van der Waals surface area (Å²) in [5, 5.41) is 3.53. The van der Waals surface area contributed by atoms with Crippen LogP contribution in [0.3, 0.4) is 0 Å². The van der Waals surface area contributed by atoms with Crippen molar-refractivity contribution >= 4 is 15.9 Å². The van der Waals surface area contributed by atoms with Gasteiger partial charge in [0.2, 0.25) is 0 Å². The zero-order valence-electron chi connectivity index (χ0n) is 8.92. The van der Waals surface area contributed by atoms with Gasteiger partial charge in [0.1, 0.15) is 5.75 Å². The van der Waals surface area contributed by atoms with Gasteiger partial charge < -0.3 is 10.1 Å². The number of hydrogen-bond donors (Lipinski definition) is 1.